The van der Waals surface area contributed by atoms with Gasteiger partial charge >= 0.3 is 6.61 Å². The molecule has 0 amide bonds. The van der Waals surface area contributed by atoms with Crippen molar-refractivity contribution >= 4 is 17.3 Å². The fourth-order valence-electron chi connectivity index (χ4n) is 1.77. The van der Waals surface area contributed by atoms with Crippen LogP contribution in [0.15, 0.2) is 23.6 Å². The lowest BCUT2D eigenvalue weighted by atomic mass is 10.0. The minimum atomic E-state index is -3.03. The number of benzene rings is 1. The Labute approximate surface area is 126 Å². The lowest BCUT2D eigenvalue weighted by Crippen LogP contribution is -2.21. The number of halogens is 4. The van der Waals surface area contributed by atoms with E-state index in [2.05, 4.69) is 4.74 Å². The molecule has 0 aliphatic carbocycles. The zero-order valence-corrected chi connectivity index (χ0v) is 12.9. The van der Waals surface area contributed by atoms with Crippen LogP contribution in [0.25, 0.3) is 0 Å². The SMILES string of the molecule is C/C(C(=N)c1cc(C)c(Cl)cc1F)=C(\OC(F)F)N(C)C. The van der Waals surface area contributed by atoms with E-state index in [1.165, 1.54) is 32.0 Å². The molecule has 0 bridgehead atoms. The number of hydrogen-bond acceptors (Lipinski definition) is 3. The quantitative estimate of drug-likeness (QED) is 0.652. The predicted octanol–water partition coefficient (Wildman–Crippen LogP) is 4.19. The molecule has 0 unspecified atom stereocenters. The van der Waals surface area contributed by atoms with E-state index in [9.17, 15) is 13.2 Å². The molecule has 0 saturated heterocycles. The number of aryl methyl sites for hydroxylation is 1. The molecule has 0 aliphatic rings. The van der Waals surface area contributed by atoms with Gasteiger partial charge in [0.1, 0.15) is 5.82 Å². The van der Waals surface area contributed by atoms with Gasteiger partial charge in [0.15, 0.2) is 5.88 Å². The lowest BCUT2D eigenvalue weighted by Gasteiger charge is -2.21. The second kappa shape index (κ2) is 6.85. The molecule has 0 saturated carbocycles. The second-order valence-electron chi connectivity index (χ2n) is 4.66. The normalized spacial score (nSPS) is 12.2. The van der Waals surface area contributed by atoms with Crippen molar-refractivity contribution in [3.8, 4) is 0 Å². The summed E-state index contributed by atoms with van der Waals surface area (Å²) in [5.74, 6) is -0.882. The van der Waals surface area contributed by atoms with Crippen LogP contribution in [0.1, 0.15) is 18.1 Å². The largest absolute Gasteiger partial charge is 0.419 e. The summed E-state index contributed by atoms with van der Waals surface area (Å²) in [6, 6.07) is 2.50. The molecule has 7 heteroatoms. The summed E-state index contributed by atoms with van der Waals surface area (Å²) in [7, 11) is 3.00. The average molecular weight is 321 g/mol. The maximum Gasteiger partial charge on any atom is 0.388 e. The first-order valence-corrected chi connectivity index (χ1v) is 6.40. The third-order valence-corrected chi connectivity index (χ3v) is 3.23. The van der Waals surface area contributed by atoms with Crippen molar-refractivity contribution in [3.05, 3.63) is 45.6 Å². The van der Waals surface area contributed by atoms with Gasteiger partial charge in [-0.1, -0.05) is 11.6 Å². The first kappa shape index (κ1) is 17.4. The Morgan fingerprint density at radius 3 is 2.38 bits per heavy atom. The Morgan fingerprint density at radius 2 is 1.90 bits per heavy atom. The van der Waals surface area contributed by atoms with Crippen LogP contribution in [0.3, 0.4) is 0 Å². The third-order valence-electron chi connectivity index (χ3n) is 2.82. The van der Waals surface area contributed by atoms with Crippen LogP contribution in [0, 0.1) is 18.2 Å². The van der Waals surface area contributed by atoms with Crippen molar-refractivity contribution in [2.45, 2.75) is 20.5 Å². The summed E-state index contributed by atoms with van der Waals surface area (Å²) in [5, 5.41) is 8.26. The van der Waals surface area contributed by atoms with Gasteiger partial charge in [-0.05, 0) is 31.5 Å². The summed E-state index contributed by atoms with van der Waals surface area (Å²) in [5.41, 5.74) is 0.427. The van der Waals surface area contributed by atoms with Gasteiger partial charge in [0.25, 0.3) is 0 Å². The Kier molecular flexibility index (Phi) is 5.66. The van der Waals surface area contributed by atoms with Gasteiger partial charge in [-0.15, -0.1) is 0 Å². The minimum absolute atomic E-state index is 0.0217. The molecule has 21 heavy (non-hydrogen) atoms. The number of rotatable bonds is 5. The monoisotopic (exact) mass is 320 g/mol. The van der Waals surface area contributed by atoms with Crippen LogP contribution < -0.4 is 0 Å². The summed E-state index contributed by atoms with van der Waals surface area (Å²) in [4.78, 5) is 1.30. The Morgan fingerprint density at radius 1 is 1.33 bits per heavy atom. The molecule has 1 N–H and O–H groups in total. The number of alkyl halides is 2. The number of ether oxygens (including phenoxy) is 1. The van der Waals surface area contributed by atoms with E-state index in [1.54, 1.807) is 6.92 Å². The molecule has 1 aromatic rings. The van der Waals surface area contributed by atoms with Gasteiger partial charge in [0, 0.05) is 30.3 Å². The smallest absolute Gasteiger partial charge is 0.388 e. The number of allylic oxidation sites excluding steroid dienone is 1. The zero-order chi connectivity index (χ0) is 16.3. The van der Waals surface area contributed by atoms with E-state index < -0.39 is 12.4 Å². The van der Waals surface area contributed by atoms with Crippen LogP contribution in [0.4, 0.5) is 13.2 Å². The van der Waals surface area contributed by atoms with Crippen molar-refractivity contribution in [2.24, 2.45) is 0 Å². The van der Waals surface area contributed by atoms with Crippen LogP contribution >= 0.6 is 11.6 Å². The molecule has 0 aliphatic heterocycles. The molecule has 0 aromatic heterocycles. The van der Waals surface area contributed by atoms with Crippen molar-refractivity contribution in [1.82, 2.24) is 4.90 Å². The van der Waals surface area contributed by atoms with Gasteiger partial charge in [-0.3, -0.25) is 5.41 Å². The second-order valence-corrected chi connectivity index (χ2v) is 5.07. The Balaban J connectivity index is 3.31. The van der Waals surface area contributed by atoms with Gasteiger partial charge < -0.3 is 9.64 Å². The fraction of sp³-hybridized carbons (Fsp3) is 0.357. The van der Waals surface area contributed by atoms with Crippen LogP contribution in [-0.4, -0.2) is 31.3 Å². The van der Waals surface area contributed by atoms with Gasteiger partial charge in [0.05, 0.1) is 5.71 Å². The molecule has 0 fully saturated rings. The van der Waals surface area contributed by atoms with E-state index in [4.69, 9.17) is 17.0 Å². The number of nitrogens with zero attached hydrogens (tertiary/aromatic N) is 1. The number of hydrogen-bond donors (Lipinski definition) is 1. The first-order chi connectivity index (χ1) is 9.65. The van der Waals surface area contributed by atoms with E-state index in [1.807, 2.05) is 0 Å². The third kappa shape index (κ3) is 4.14. The molecule has 0 radical (unpaired) electrons. The highest BCUT2D eigenvalue weighted by Crippen LogP contribution is 2.24. The lowest BCUT2D eigenvalue weighted by molar-refractivity contribution is -0.114. The van der Waals surface area contributed by atoms with Gasteiger partial charge in [-0.2, -0.15) is 8.78 Å². The van der Waals surface area contributed by atoms with Crippen LogP contribution in [0.5, 0.6) is 0 Å². The van der Waals surface area contributed by atoms with Crippen LogP contribution in [-0.2, 0) is 4.74 Å². The van der Waals surface area contributed by atoms with Crippen LogP contribution in [0.2, 0.25) is 5.02 Å². The summed E-state index contributed by atoms with van der Waals surface area (Å²) in [6.07, 6.45) is 0. The first-order valence-electron chi connectivity index (χ1n) is 6.03. The summed E-state index contributed by atoms with van der Waals surface area (Å²) < 4.78 is 43.2. The van der Waals surface area contributed by atoms with Gasteiger partial charge in [-0.25, -0.2) is 4.39 Å². The highest BCUT2D eigenvalue weighted by Gasteiger charge is 2.19. The minimum Gasteiger partial charge on any atom is -0.419 e. The van der Waals surface area contributed by atoms with E-state index in [0.29, 0.717) is 5.56 Å². The molecule has 0 heterocycles. The molecule has 3 nitrogen and oxygen atoms in total. The maximum atomic E-state index is 13.9. The van der Waals surface area contributed by atoms with Crippen molar-refractivity contribution in [3.63, 3.8) is 0 Å². The highest BCUT2D eigenvalue weighted by molar-refractivity contribution is 6.31. The maximum absolute atomic E-state index is 13.9. The molecule has 0 atom stereocenters. The fourth-order valence-corrected chi connectivity index (χ4v) is 1.92. The van der Waals surface area contributed by atoms with E-state index >= 15 is 0 Å². The van der Waals surface area contributed by atoms with E-state index in [-0.39, 0.29) is 27.8 Å². The molecular formula is C14H16ClF3N2O. The molecule has 0 spiro atoms. The topological polar surface area (TPSA) is 36.3 Å². The Hall–Kier alpha value is -1.69. The molecule has 1 rings (SSSR count). The molecule has 1 aromatic carbocycles. The van der Waals surface area contributed by atoms with Crippen molar-refractivity contribution < 1.29 is 17.9 Å². The zero-order valence-electron chi connectivity index (χ0n) is 12.1. The number of nitrogens with one attached hydrogen (secondary N) is 1. The van der Waals surface area contributed by atoms with E-state index in [0.717, 1.165) is 6.07 Å². The summed E-state index contributed by atoms with van der Waals surface area (Å²) >= 11 is 5.80. The van der Waals surface area contributed by atoms with Crippen molar-refractivity contribution in [2.75, 3.05) is 14.1 Å². The average Bonchev–Trinajstić information content (AvgIpc) is 2.38. The molecular weight excluding hydrogens is 305 g/mol. The predicted molar refractivity (Wildman–Crippen MR) is 76.5 cm³/mol. The summed E-state index contributed by atoms with van der Waals surface area (Å²) in [6.45, 7) is 0.0609. The Bertz CT molecular complexity index is 586. The molecule has 116 valence electrons. The van der Waals surface area contributed by atoms with Gasteiger partial charge in [0.2, 0.25) is 0 Å². The standard InChI is InChI=1S/C14H16ClF3N2O/c1-7-5-9(11(16)6-10(7)15)12(19)8(2)13(20(3)4)21-14(17)18/h5-6,14,19H,1-4H3/b13-8+,19-12?. The highest BCUT2D eigenvalue weighted by atomic mass is 35.5. The van der Waals surface area contributed by atoms with Crippen molar-refractivity contribution in [1.29, 1.82) is 5.41 Å².